The highest BCUT2D eigenvalue weighted by atomic mass is 16.5. The maximum atomic E-state index is 12.1. The van der Waals surface area contributed by atoms with Crippen LogP contribution in [-0.4, -0.2) is 32.1 Å². The van der Waals surface area contributed by atoms with Crippen LogP contribution in [0, 0.1) is 0 Å². The number of urea groups is 1. The van der Waals surface area contributed by atoms with Crippen molar-refractivity contribution in [1.82, 2.24) is 5.32 Å². The molecule has 1 aliphatic heterocycles. The van der Waals surface area contributed by atoms with Gasteiger partial charge in [0.05, 0.1) is 12.8 Å². The number of benzene rings is 2. The summed E-state index contributed by atoms with van der Waals surface area (Å²) in [6.45, 7) is 1.26. The fourth-order valence-corrected chi connectivity index (χ4v) is 3.20. The standard InChI is InChI=1S/C21H25N3O3/c1-27-19-12-11-17(15-18(19)24-14-6-10-20(24)25)23-21(26)22-13-5-9-16-7-3-2-4-8-16/h2-4,7-8,11-12,15H,5-6,9-10,13-14H2,1H3,(H2,22,23,26). The van der Waals surface area contributed by atoms with Gasteiger partial charge in [0, 0.05) is 25.2 Å². The van der Waals surface area contributed by atoms with Crippen molar-refractivity contribution in [1.29, 1.82) is 0 Å². The molecule has 0 bridgehead atoms. The molecule has 1 heterocycles. The Kier molecular flexibility index (Phi) is 6.30. The van der Waals surface area contributed by atoms with Gasteiger partial charge in [-0.05, 0) is 43.0 Å². The first-order chi connectivity index (χ1) is 13.2. The lowest BCUT2D eigenvalue weighted by atomic mass is 10.1. The molecule has 6 nitrogen and oxygen atoms in total. The summed E-state index contributed by atoms with van der Waals surface area (Å²) in [5, 5.41) is 5.69. The van der Waals surface area contributed by atoms with Crippen LogP contribution in [0.25, 0.3) is 0 Å². The number of nitrogens with zero attached hydrogens (tertiary/aromatic N) is 1. The van der Waals surface area contributed by atoms with E-state index in [9.17, 15) is 9.59 Å². The molecule has 0 atom stereocenters. The topological polar surface area (TPSA) is 70.7 Å². The molecule has 1 fully saturated rings. The van der Waals surface area contributed by atoms with Gasteiger partial charge >= 0.3 is 6.03 Å². The normalized spacial score (nSPS) is 13.5. The number of anilines is 2. The van der Waals surface area contributed by atoms with E-state index in [1.165, 1.54) is 5.56 Å². The average Bonchev–Trinajstić information content (AvgIpc) is 3.12. The van der Waals surface area contributed by atoms with Crippen LogP contribution in [0.3, 0.4) is 0 Å². The van der Waals surface area contributed by atoms with Gasteiger partial charge in [-0.2, -0.15) is 0 Å². The average molecular weight is 367 g/mol. The molecule has 3 rings (SSSR count). The molecule has 6 heteroatoms. The summed E-state index contributed by atoms with van der Waals surface area (Å²) >= 11 is 0. The number of ether oxygens (including phenoxy) is 1. The van der Waals surface area contributed by atoms with Gasteiger partial charge in [0.1, 0.15) is 5.75 Å². The van der Waals surface area contributed by atoms with Crippen molar-refractivity contribution >= 4 is 23.3 Å². The Morgan fingerprint density at radius 3 is 2.70 bits per heavy atom. The number of hydrogen-bond donors (Lipinski definition) is 2. The van der Waals surface area contributed by atoms with Gasteiger partial charge < -0.3 is 20.3 Å². The highest BCUT2D eigenvalue weighted by molar-refractivity contribution is 5.98. The van der Waals surface area contributed by atoms with Gasteiger partial charge in [0.2, 0.25) is 5.91 Å². The minimum absolute atomic E-state index is 0.0795. The van der Waals surface area contributed by atoms with Crippen LogP contribution in [0.15, 0.2) is 48.5 Å². The molecular formula is C21H25N3O3. The van der Waals surface area contributed by atoms with E-state index in [1.807, 2.05) is 18.2 Å². The van der Waals surface area contributed by atoms with E-state index in [-0.39, 0.29) is 11.9 Å². The largest absolute Gasteiger partial charge is 0.495 e. The first kappa shape index (κ1) is 18.8. The van der Waals surface area contributed by atoms with Crippen LogP contribution in [0.1, 0.15) is 24.8 Å². The smallest absolute Gasteiger partial charge is 0.319 e. The number of methoxy groups -OCH3 is 1. The van der Waals surface area contributed by atoms with E-state index < -0.39 is 0 Å². The highest BCUT2D eigenvalue weighted by Gasteiger charge is 2.24. The van der Waals surface area contributed by atoms with Crippen molar-refractivity contribution in [2.45, 2.75) is 25.7 Å². The zero-order chi connectivity index (χ0) is 19.1. The van der Waals surface area contributed by atoms with E-state index in [4.69, 9.17) is 4.74 Å². The van der Waals surface area contributed by atoms with Gasteiger partial charge in [-0.25, -0.2) is 4.79 Å². The zero-order valence-electron chi connectivity index (χ0n) is 15.5. The number of nitrogens with one attached hydrogen (secondary N) is 2. The van der Waals surface area contributed by atoms with Crippen molar-refractivity contribution in [2.75, 3.05) is 30.4 Å². The monoisotopic (exact) mass is 367 g/mol. The lowest BCUT2D eigenvalue weighted by Crippen LogP contribution is -2.30. The molecule has 0 spiro atoms. The number of carbonyl (C=O) groups excluding carboxylic acids is 2. The Labute approximate surface area is 159 Å². The quantitative estimate of drug-likeness (QED) is 0.735. The third kappa shape index (κ3) is 5.00. The molecule has 27 heavy (non-hydrogen) atoms. The van der Waals surface area contributed by atoms with E-state index in [0.717, 1.165) is 19.3 Å². The molecule has 2 aromatic rings. The molecule has 3 amide bonds. The van der Waals surface area contributed by atoms with E-state index in [0.29, 0.717) is 36.6 Å². The van der Waals surface area contributed by atoms with E-state index in [1.54, 1.807) is 30.2 Å². The number of amides is 3. The molecule has 0 unspecified atom stereocenters. The summed E-state index contributed by atoms with van der Waals surface area (Å²) < 4.78 is 5.37. The fraction of sp³-hybridized carbons (Fsp3) is 0.333. The summed E-state index contributed by atoms with van der Waals surface area (Å²) in [4.78, 5) is 25.9. The highest BCUT2D eigenvalue weighted by Crippen LogP contribution is 2.33. The number of rotatable bonds is 7. The maximum absolute atomic E-state index is 12.1. The first-order valence-corrected chi connectivity index (χ1v) is 9.24. The summed E-state index contributed by atoms with van der Waals surface area (Å²) in [7, 11) is 1.58. The Balaban J connectivity index is 1.53. The molecule has 2 N–H and O–H groups in total. The molecule has 142 valence electrons. The molecule has 1 aliphatic rings. The predicted molar refractivity (Wildman–Crippen MR) is 106 cm³/mol. The first-order valence-electron chi connectivity index (χ1n) is 9.24. The second-order valence-electron chi connectivity index (χ2n) is 6.51. The second kappa shape index (κ2) is 9.07. The third-order valence-electron chi connectivity index (χ3n) is 4.57. The Morgan fingerprint density at radius 2 is 2.00 bits per heavy atom. The van der Waals surface area contributed by atoms with Gasteiger partial charge in [-0.1, -0.05) is 30.3 Å². The van der Waals surface area contributed by atoms with Crippen LogP contribution in [0.2, 0.25) is 0 Å². The fourth-order valence-electron chi connectivity index (χ4n) is 3.20. The van der Waals surface area contributed by atoms with Crippen LogP contribution >= 0.6 is 0 Å². The van der Waals surface area contributed by atoms with Crippen LogP contribution < -0.4 is 20.3 Å². The lowest BCUT2D eigenvalue weighted by Gasteiger charge is -2.20. The molecular weight excluding hydrogens is 342 g/mol. The van der Waals surface area contributed by atoms with E-state index in [2.05, 4.69) is 22.8 Å². The van der Waals surface area contributed by atoms with Crippen LogP contribution in [0.4, 0.5) is 16.2 Å². The minimum Gasteiger partial charge on any atom is -0.495 e. The van der Waals surface area contributed by atoms with Gasteiger partial charge in [0.15, 0.2) is 0 Å². The van der Waals surface area contributed by atoms with Crippen LogP contribution in [0.5, 0.6) is 5.75 Å². The third-order valence-corrected chi connectivity index (χ3v) is 4.57. The Bertz CT molecular complexity index is 793. The number of hydrogen-bond acceptors (Lipinski definition) is 3. The Hall–Kier alpha value is -3.02. The summed E-state index contributed by atoms with van der Waals surface area (Å²) in [5.74, 6) is 0.704. The summed E-state index contributed by atoms with van der Waals surface area (Å²) in [6, 6.07) is 15.3. The van der Waals surface area contributed by atoms with Gasteiger partial charge in [-0.15, -0.1) is 0 Å². The maximum Gasteiger partial charge on any atom is 0.319 e. The van der Waals surface area contributed by atoms with Crippen molar-refractivity contribution < 1.29 is 14.3 Å². The second-order valence-corrected chi connectivity index (χ2v) is 6.51. The van der Waals surface area contributed by atoms with Crippen molar-refractivity contribution in [3.05, 3.63) is 54.1 Å². The van der Waals surface area contributed by atoms with Crippen molar-refractivity contribution in [3.63, 3.8) is 0 Å². The summed E-state index contributed by atoms with van der Waals surface area (Å²) in [6.07, 6.45) is 3.17. The van der Waals surface area contributed by atoms with Gasteiger partial charge in [-0.3, -0.25) is 4.79 Å². The lowest BCUT2D eigenvalue weighted by molar-refractivity contribution is -0.117. The molecule has 0 saturated carbocycles. The summed E-state index contributed by atoms with van der Waals surface area (Å²) in [5.41, 5.74) is 2.59. The molecule has 2 aromatic carbocycles. The number of aryl methyl sites for hydroxylation is 1. The molecule has 0 radical (unpaired) electrons. The SMILES string of the molecule is COc1ccc(NC(=O)NCCCc2ccccc2)cc1N1CCCC1=O. The van der Waals surface area contributed by atoms with E-state index >= 15 is 0 Å². The molecule has 1 saturated heterocycles. The van der Waals surface area contributed by atoms with Gasteiger partial charge in [0.25, 0.3) is 0 Å². The number of carbonyl (C=O) groups is 2. The zero-order valence-corrected chi connectivity index (χ0v) is 15.5. The molecule has 0 aromatic heterocycles. The van der Waals surface area contributed by atoms with Crippen molar-refractivity contribution in [3.8, 4) is 5.75 Å². The predicted octanol–water partition coefficient (Wildman–Crippen LogP) is 3.58. The minimum atomic E-state index is -0.257. The van der Waals surface area contributed by atoms with Crippen molar-refractivity contribution in [2.24, 2.45) is 0 Å². The Morgan fingerprint density at radius 1 is 1.19 bits per heavy atom. The van der Waals surface area contributed by atoms with Crippen LogP contribution in [-0.2, 0) is 11.2 Å². The molecule has 0 aliphatic carbocycles.